The molecule has 0 radical (unpaired) electrons. The summed E-state index contributed by atoms with van der Waals surface area (Å²) >= 11 is 0. The highest BCUT2D eigenvalue weighted by Crippen LogP contribution is 2.46. The van der Waals surface area contributed by atoms with Crippen LogP contribution < -0.4 is 5.32 Å². The monoisotopic (exact) mass is 364 g/mol. The van der Waals surface area contributed by atoms with E-state index in [-0.39, 0.29) is 5.69 Å². The molecule has 0 spiro atoms. The molecular weight excluding hydrogens is 354 g/mol. The van der Waals surface area contributed by atoms with Crippen molar-refractivity contribution in [2.45, 2.75) is 18.0 Å². The van der Waals surface area contributed by atoms with Crippen LogP contribution in [0.1, 0.15) is 11.1 Å². The van der Waals surface area contributed by atoms with E-state index >= 15 is 0 Å². The molecule has 10 heteroatoms. The van der Waals surface area contributed by atoms with Gasteiger partial charge in [-0.05, 0) is 40.6 Å². The Balaban J connectivity index is 2.78. The number of rotatable bonds is 4. The summed E-state index contributed by atoms with van der Waals surface area (Å²) in [7, 11) is 0. The predicted molar refractivity (Wildman–Crippen MR) is 76.0 cm³/mol. The lowest BCUT2D eigenvalue weighted by Crippen LogP contribution is -2.59. The van der Waals surface area contributed by atoms with Gasteiger partial charge in [-0.1, -0.05) is 24.3 Å². The van der Waals surface area contributed by atoms with Crippen molar-refractivity contribution in [3.05, 3.63) is 64.6 Å². The fraction of sp³-hybridized carbons (Fsp3) is 0.200. The molecule has 0 aliphatic rings. The maximum absolute atomic E-state index is 13.8. The molecule has 0 bridgehead atoms. The molecule has 0 aliphatic heterocycles. The van der Waals surface area contributed by atoms with Gasteiger partial charge in [0.15, 0.2) is 5.54 Å². The van der Waals surface area contributed by atoms with Crippen LogP contribution in [0.2, 0.25) is 0 Å². The van der Waals surface area contributed by atoms with Gasteiger partial charge < -0.3 is 5.11 Å². The minimum atomic E-state index is -5.41. The normalized spacial score (nSPS) is 14.8. The van der Waals surface area contributed by atoms with Gasteiger partial charge in [0.2, 0.25) is 0 Å². The zero-order chi connectivity index (χ0) is 18.9. The summed E-state index contributed by atoms with van der Waals surface area (Å²) in [5.41, 5.74) is -5.46. The van der Waals surface area contributed by atoms with Crippen molar-refractivity contribution < 1.29 is 31.4 Å². The van der Waals surface area contributed by atoms with Crippen molar-refractivity contribution in [3.63, 3.8) is 0 Å². The average Bonchev–Trinajstić information content (AvgIpc) is 2.51. The standard InChI is InChI=1S/C15H10F6N2O2/c16-14(17,18)13(23-15(19,20)21,10-3-7-12(24)8-4-10)9-1-5-11(22-25)6-2-9/h1-8,23-24H. The molecule has 0 saturated carbocycles. The Morgan fingerprint density at radius 2 is 1.24 bits per heavy atom. The minimum absolute atomic E-state index is 0.238. The number of hydrogen-bond acceptors (Lipinski definition) is 4. The summed E-state index contributed by atoms with van der Waals surface area (Å²) in [4.78, 5) is 10.4. The number of nitrogens with one attached hydrogen (secondary N) is 1. The van der Waals surface area contributed by atoms with Gasteiger partial charge in [0, 0.05) is 0 Å². The molecule has 25 heavy (non-hydrogen) atoms. The number of phenols is 1. The molecule has 0 saturated heterocycles. The van der Waals surface area contributed by atoms with Gasteiger partial charge >= 0.3 is 12.5 Å². The number of phenolic OH excluding ortho intramolecular Hbond substituents is 1. The van der Waals surface area contributed by atoms with Crippen LogP contribution in [0.3, 0.4) is 0 Å². The topological polar surface area (TPSA) is 61.7 Å². The van der Waals surface area contributed by atoms with Crippen molar-refractivity contribution in [2.75, 3.05) is 0 Å². The van der Waals surface area contributed by atoms with Crippen LogP contribution in [0.4, 0.5) is 32.0 Å². The maximum Gasteiger partial charge on any atom is 0.458 e. The number of benzene rings is 2. The van der Waals surface area contributed by atoms with Gasteiger partial charge in [-0.3, -0.25) is 0 Å². The first-order valence-corrected chi connectivity index (χ1v) is 6.66. The van der Waals surface area contributed by atoms with Gasteiger partial charge in [-0.15, -0.1) is 4.91 Å². The lowest BCUT2D eigenvalue weighted by Gasteiger charge is -2.38. The third-order valence-corrected chi connectivity index (χ3v) is 3.46. The van der Waals surface area contributed by atoms with E-state index in [1.807, 2.05) is 0 Å². The van der Waals surface area contributed by atoms with Gasteiger partial charge in [0.05, 0.1) is 0 Å². The third kappa shape index (κ3) is 3.73. The summed E-state index contributed by atoms with van der Waals surface area (Å²) in [5, 5.41) is 12.4. The Morgan fingerprint density at radius 1 is 0.800 bits per heavy atom. The van der Waals surface area contributed by atoms with Gasteiger partial charge in [0.1, 0.15) is 11.4 Å². The Bertz CT molecular complexity index is 741. The van der Waals surface area contributed by atoms with Crippen molar-refractivity contribution in [2.24, 2.45) is 5.18 Å². The molecule has 0 aliphatic carbocycles. The Morgan fingerprint density at radius 3 is 1.60 bits per heavy atom. The average molecular weight is 364 g/mol. The number of aromatic hydroxyl groups is 1. The summed E-state index contributed by atoms with van der Waals surface area (Å²) < 4.78 is 80.4. The number of hydrogen-bond donors (Lipinski definition) is 2. The first-order valence-electron chi connectivity index (χ1n) is 6.66. The molecule has 0 amide bonds. The number of nitroso groups, excluding NO2 is 1. The summed E-state index contributed by atoms with van der Waals surface area (Å²) in [5.74, 6) is -0.410. The first-order chi connectivity index (χ1) is 11.5. The highest BCUT2D eigenvalue weighted by Gasteiger charge is 2.61. The van der Waals surface area contributed by atoms with Crippen LogP contribution in [0, 0.1) is 4.91 Å². The Hall–Kier alpha value is -2.62. The van der Waals surface area contributed by atoms with Gasteiger partial charge in [0.25, 0.3) is 0 Å². The highest BCUT2D eigenvalue weighted by molar-refractivity contribution is 5.47. The molecule has 134 valence electrons. The molecule has 2 N–H and O–H groups in total. The second-order valence-electron chi connectivity index (χ2n) is 5.06. The Labute approximate surface area is 137 Å². The van der Waals surface area contributed by atoms with Crippen LogP contribution in [0.25, 0.3) is 0 Å². The van der Waals surface area contributed by atoms with Crippen LogP contribution in [-0.4, -0.2) is 17.6 Å². The first kappa shape index (κ1) is 18.7. The van der Waals surface area contributed by atoms with Crippen LogP contribution in [-0.2, 0) is 5.54 Å². The predicted octanol–water partition coefficient (Wildman–Crippen LogP) is 4.71. The summed E-state index contributed by atoms with van der Waals surface area (Å²) in [6.45, 7) is 0. The minimum Gasteiger partial charge on any atom is -0.508 e. The van der Waals surface area contributed by atoms with E-state index in [1.165, 1.54) is 0 Å². The maximum atomic E-state index is 13.8. The van der Waals surface area contributed by atoms with Crippen LogP contribution in [0.5, 0.6) is 5.75 Å². The molecule has 1 unspecified atom stereocenters. The van der Waals surface area contributed by atoms with Gasteiger partial charge in [-0.2, -0.15) is 26.3 Å². The molecular formula is C15H10F6N2O2. The van der Waals surface area contributed by atoms with E-state index < -0.39 is 34.9 Å². The van der Waals surface area contributed by atoms with E-state index in [1.54, 1.807) is 0 Å². The van der Waals surface area contributed by atoms with E-state index in [0.717, 1.165) is 48.5 Å². The van der Waals surface area contributed by atoms with E-state index in [2.05, 4.69) is 5.18 Å². The number of halogens is 6. The van der Waals surface area contributed by atoms with E-state index in [0.29, 0.717) is 5.32 Å². The SMILES string of the molecule is O=Nc1ccc(C(NC(F)(F)F)(c2ccc(O)cc2)C(F)(F)F)cc1. The summed E-state index contributed by atoms with van der Waals surface area (Å²) in [6, 6.07) is 6.36. The quantitative estimate of drug-likeness (QED) is 0.469. The Kier molecular flexibility index (Phi) is 4.76. The fourth-order valence-electron chi connectivity index (χ4n) is 2.41. The van der Waals surface area contributed by atoms with Gasteiger partial charge in [-0.25, -0.2) is 5.32 Å². The zero-order valence-electron chi connectivity index (χ0n) is 12.2. The largest absolute Gasteiger partial charge is 0.508 e. The van der Waals surface area contributed by atoms with Crippen molar-refractivity contribution in [3.8, 4) is 5.75 Å². The lowest BCUT2D eigenvalue weighted by atomic mass is 9.82. The van der Waals surface area contributed by atoms with Crippen molar-refractivity contribution in [1.82, 2.24) is 5.32 Å². The number of nitrogens with zero attached hydrogens (tertiary/aromatic N) is 1. The molecule has 0 heterocycles. The molecule has 0 aromatic heterocycles. The van der Waals surface area contributed by atoms with Crippen LogP contribution >= 0.6 is 0 Å². The zero-order valence-corrected chi connectivity index (χ0v) is 12.2. The van der Waals surface area contributed by atoms with E-state index in [4.69, 9.17) is 0 Å². The smallest absolute Gasteiger partial charge is 0.458 e. The third-order valence-electron chi connectivity index (χ3n) is 3.46. The molecule has 1 atom stereocenters. The second-order valence-corrected chi connectivity index (χ2v) is 5.06. The molecule has 0 fully saturated rings. The molecule has 2 aromatic carbocycles. The highest BCUT2D eigenvalue weighted by atomic mass is 19.4. The summed E-state index contributed by atoms with van der Waals surface area (Å²) in [6.07, 6.45) is -10.8. The molecule has 4 nitrogen and oxygen atoms in total. The van der Waals surface area contributed by atoms with E-state index in [9.17, 15) is 36.4 Å². The molecule has 2 aromatic rings. The second kappa shape index (κ2) is 6.36. The van der Waals surface area contributed by atoms with Crippen molar-refractivity contribution in [1.29, 1.82) is 0 Å². The fourth-order valence-corrected chi connectivity index (χ4v) is 2.41. The lowest BCUT2D eigenvalue weighted by molar-refractivity contribution is -0.244. The van der Waals surface area contributed by atoms with Crippen molar-refractivity contribution >= 4 is 5.69 Å². The van der Waals surface area contributed by atoms with Crippen LogP contribution in [0.15, 0.2) is 53.7 Å². The molecule has 2 rings (SSSR count). The number of alkyl halides is 6.